The molecule has 1 aliphatic carbocycles. The Morgan fingerprint density at radius 2 is 1.68 bits per heavy atom. The number of carbonyl (C=O) groups is 2. The van der Waals surface area contributed by atoms with E-state index in [0.29, 0.717) is 35.8 Å². The molecule has 40 heavy (non-hydrogen) atoms. The van der Waals surface area contributed by atoms with E-state index >= 15 is 0 Å². The smallest absolute Gasteiger partial charge is 0.290 e. The molecule has 0 unspecified atom stereocenters. The van der Waals surface area contributed by atoms with Crippen molar-refractivity contribution in [2.24, 2.45) is 0 Å². The Balaban J connectivity index is 0.00000118. The molecule has 0 aromatic heterocycles. The summed E-state index contributed by atoms with van der Waals surface area (Å²) in [4.78, 5) is 24.2. The Morgan fingerprint density at radius 1 is 1.00 bits per heavy atom. The summed E-state index contributed by atoms with van der Waals surface area (Å²) in [5.74, 6) is 0.856. The molecule has 2 N–H and O–H groups in total. The van der Waals surface area contributed by atoms with Gasteiger partial charge in [-0.15, -0.1) is 0 Å². The van der Waals surface area contributed by atoms with Crippen LogP contribution in [-0.2, 0) is 22.6 Å². The van der Waals surface area contributed by atoms with Crippen LogP contribution in [0.4, 0.5) is 0 Å². The van der Waals surface area contributed by atoms with E-state index in [-0.39, 0.29) is 12.4 Å². The second-order valence-corrected chi connectivity index (χ2v) is 10.6. The maximum absolute atomic E-state index is 13.8. The Labute approximate surface area is 245 Å². The number of ether oxygens (including phenoxy) is 1. The summed E-state index contributed by atoms with van der Waals surface area (Å²) in [7, 11) is 0. The number of nitrogens with one attached hydrogen (secondary N) is 1. The van der Waals surface area contributed by atoms with Crippen molar-refractivity contribution < 1.29 is 19.4 Å². The molecule has 0 atom stereocenters. The quantitative estimate of drug-likeness (QED) is 0.207. The molecule has 0 radical (unpaired) electrons. The normalized spacial score (nSPS) is 14.7. The molecule has 1 aliphatic heterocycles. The van der Waals surface area contributed by atoms with Gasteiger partial charge in [0.1, 0.15) is 5.75 Å². The van der Waals surface area contributed by atoms with Crippen LogP contribution in [0, 0.1) is 0 Å². The number of benzene rings is 3. The summed E-state index contributed by atoms with van der Waals surface area (Å²) in [6.07, 6.45) is 4.78. The number of halogens is 2. The number of amides is 1. The van der Waals surface area contributed by atoms with Gasteiger partial charge in [0.05, 0.1) is 11.6 Å². The molecule has 0 spiro atoms. The zero-order chi connectivity index (χ0) is 28.3. The van der Waals surface area contributed by atoms with E-state index in [4.69, 9.17) is 37.8 Å². The third kappa shape index (κ3) is 8.10. The number of carbonyl (C=O) groups excluding carboxylic acids is 1. The SMILES string of the molecule is O=C(C1=C(c2ccc(CCCOc3ccccc3Cl)cc2)CCNC1)N(Cc1ccccc1Cl)C1CC1.O=CO. The molecule has 210 valence electrons. The van der Waals surface area contributed by atoms with Crippen molar-refractivity contribution in [2.75, 3.05) is 19.7 Å². The molecule has 1 saturated carbocycles. The van der Waals surface area contributed by atoms with Crippen LogP contribution < -0.4 is 10.1 Å². The molecule has 5 rings (SSSR count). The third-order valence-electron chi connectivity index (χ3n) is 7.03. The summed E-state index contributed by atoms with van der Waals surface area (Å²) in [6, 6.07) is 24.3. The molecule has 3 aromatic carbocycles. The second-order valence-electron chi connectivity index (χ2n) is 9.82. The molecular formula is C32H34Cl2N2O4. The summed E-state index contributed by atoms with van der Waals surface area (Å²) in [5.41, 5.74) is 5.42. The number of para-hydroxylation sites is 1. The first-order valence-corrected chi connectivity index (χ1v) is 14.3. The maximum Gasteiger partial charge on any atom is 0.290 e. The first-order chi connectivity index (χ1) is 19.5. The van der Waals surface area contributed by atoms with Crippen molar-refractivity contribution in [1.29, 1.82) is 0 Å². The largest absolute Gasteiger partial charge is 0.492 e. The van der Waals surface area contributed by atoms with Gasteiger partial charge in [0.15, 0.2) is 0 Å². The van der Waals surface area contributed by atoms with Crippen molar-refractivity contribution >= 4 is 41.2 Å². The maximum atomic E-state index is 13.8. The fourth-order valence-corrected chi connectivity index (χ4v) is 5.22. The predicted molar refractivity (Wildman–Crippen MR) is 160 cm³/mol. The summed E-state index contributed by atoms with van der Waals surface area (Å²) in [6.45, 7) is 2.39. The lowest BCUT2D eigenvalue weighted by atomic mass is 9.92. The number of aryl methyl sites for hydroxylation is 1. The Bertz CT molecular complexity index is 1320. The van der Waals surface area contributed by atoms with Gasteiger partial charge in [-0.2, -0.15) is 0 Å². The van der Waals surface area contributed by atoms with E-state index in [1.165, 1.54) is 5.56 Å². The van der Waals surface area contributed by atoms with Crippen LogP contribution in [0.3, 0.4) is 0 Å². The molecule has 1 heterocycles. The molecule has 8 heteroatoms. The zero-order valence-electron chi connectivity index (χ0n) is 22.3. The van der Waals surface area contributed by atoms with Gasteiger partial charge in [-0.05, 0) is 79.1 Å². The lowest BCUT2D eigenvalue weighted by molar-refractivity contribution is -0.128. The molecule has 6 nitrogen and oxygen atoms in total. The molecule has 3 aromatic rings. The van der Waals surface area contributed by atoms with Gasteiger partial charge in [0, 0.05) is 29.7 Å². The minimum atomic E-state index is -0.250. The van der Waals surface area contributed by atoms with Gasteiger partial charge < -0.3 is 20.1 Å². The number of carboxylic acid groups (broad SMARTS) is 1. The van der Waals surface area contributed by atoms with E-state index in [1.54, 1.807) is 0 Å². The van der Waals surface area contributed by atoms with Gasteiger partial charge in [0.25, 0.3) is 12.4 Å². The highest BCUT2D eigenvalue weighted by Crippen LogP contribution is 2.34. The average Bonchev–Trinajstić information content (AvgIpc) is 3.82. The number of nitrogens with zero attached hydrogens (tertiary/aromatic N) is 1. The lowest BCUT2D eigenvalue weighted by Crippen LogP contribution is -2.39. The molecule has 0 saturated heterocycles. The first kappa shape index (κ1) is 29.7. The fourth-order valence-electron chi connectivity index (χ4n) is 4.84. The van der Waals surface area contributed by atoms with Crippen LogP contribution in [-0.4, -0.2) is 48.1 Å². The van der Waals surface area contributed by atoms with Crippen molar-refractivity contribution in [3.05, 3.63) is 105 Å². The fraction of sp³-hybridized carbons (Fsp3) is 0.312. The molecular weight excluding hydrogens is 547 g/mol. The van der Waals surface area contributed by atoms with Crippen molar-refractivity contribution in [2.45, 2.75) is 44.7 Å². The summed E-state index contributed by atoms with van der Waals surface area (Å²) in [5, 5.41) is 11.7. The van der Waals surface area contributed by atoms with Gasteiger partial charge in [0.2, 0.25) is 0 Å². The van der Waals surface area contributed by atoms with Crippen molar-refractivity contribution in [3.8, 4) is 5.75 Å². The van der Waals surface area contributed by atoms with Crippen LogP contribution in [0.1, 0.15) is 42.4 Å². The van der Waals surface area contributed by atoms with Crippen LogP contribution in [0.15, 0.2) is 78.4 Å². The number of hydrogen-bond donors (Lipinski definition) is 2. The monoisotopic (exact) mass is 580 g/mol. The number of rotatable bonds is 10. The Kier molecular flexibility index (Phi) is 11.0. The van der Waals surface area contributed by atoms with E-state index < -0.39 is 0 Å². The summed E-state index contributed by atoms with van der Waals surface area (Å²) >= 11 is 12.6. The summed E-state index contributed by atoms with van der Waals surface area (Å²) < 4.78 is 5.82. The van der Waals surface area contributed by atoms with Crippen LogP contribution in [0.2, 0.25) is 10.0 Å². The van der Waals surface area contributed by atoms with E-state index in [9.17, 15) is 4.79 Å². The van der Waals surface area contributed by atoms with Gasteiger partial charge >= 0.3 is 0 Å². The first-order valence-electron chi connectivity index (χ1n) is 13.5. The molecule has 1 fully saturated rings. The van der Waals surface area contributed by atoms with Crippen LogP contribution in [0.25, 0.3) is 5.57 Å². The molecule has 1 amide bonds. The topological polar surface area (TPSA) is 78.9 Å². The molecule has 0 bridgehead atoms. The van der Waals surface area contributed by atoms with Gasteiger partial charge in [-0.1, -0.05) is 77.8 Å². The lowest BCUT2D eigenvalue weighted by Gasteiger charge is -2.28. The van der Waals surface area contributed by atoms with E-state index in [0.717, 1.165) is 66.7 Å². The van der Waals surface area contributed by atoms with E-state index in [2.05, 4.69) is 29.6 Å². The number of hydrogen-bond acceptors (Lipinski definition) is 4. The predicted octanol–water partition coefficient (Wildman–Crippen LogP) is 6.64. The molecule has 2 aliphatic rings. The minimum absolute atomic E-state index is 0.130. The zero-order valence-corrected chi connectivity index (χ0v) is 23.8. The minimum Gasteiger partial charge on any atom is -0.492 e. The van der Waals surface area contributed by atoms with Crippen LogP contribution >= 0.6 is 23.2 Å². The van der Waals surface area contributed by atoms with Gasteiger partial charge in [-0.25, -0.2) is 0 Å². The Hall–Kier alpha value is -3.32. The highest BCUT2D eigenvalue weighted by atomic mass is 35.5. The van der Waals surface area contributed by atoms with Crippen molar-refractivity contribution in [1.82, 2.24) is 10.2 Å². The van der Waals surface area contributed by atoms with Crippen molar-refractivity contribution in [3.63, 3.8) is 0 Å². The highest BCUT2D eigenvalue weighted by Gasteiger charge is 2.35. The second kappa shape index (κ2) is 14.9. The van der Waals surface area contributed by atoms with Gasteiger partial charge in [-0.3, -0.25) is 9.59 Å². The average molecular weight is 582 g/mol. The standard InChI is InChI=1S/C31H32Cl2N2O2.CH2O2/c32-28-8-2-1-7-24(28)21-35(25-15-16-25)31(36)27-20-34-18-17-26(27)23-13-11-22(12-14-23)6-5-19-37-30-10-4-3-9-29(30)33;2-1-3/h1-4,7-14,25,34H,5-6,15-21H2;1H,(H,2,3). The van der Waals surface area contributed by atoms with E-state index in [1.807, 2.05) is 53.4 Å². The highest BCUT2D eigenvalue weighted by molar-refractivity contribution is 6.32. The Morgan fingerprint density at radius 3 is 2.35 bits per heavy atom. The van der Waals surface area contributed by atoms with Crippen LogP contribution in [0.5, 0.6) is 5.75 Å². The third-order valence-corrected chi connectivity index (χ3v) is 7.71.